The van der Waals surface area contributed by atoms with Crippen molar-refractivity contribution in [1.82, 2.24) is 15.0 Å². The van der Waals surface area contributed by atoms with E-state index in [-0.39, 0.29) is 11.7 Å². The number of nitrogens with one attached hydrogen (secondary N) is 1. The molecule has 0 saturated carbocycles. The summed E-state index contributed by atoms with van der Waals surface area (Å²) < 4.78 is 1.99. The van der Waals surface area contributed by atoms with Crippen molar-refractivity contribution in [3.05, 3.63) is 65.7 Å². The zero-order valence-corrected chi connectivity index (χ0v) is 15.5. The number of fused-ring (bicyclic) bond motifs is 1. The zero-order chi connectivity index (χ0) is 18.4. The monoisotopic (exact) mass is 364 g/mol. The molecule has 0 saturated heterocycles. The van der Waals surface area contributed by atoms with Crippen LogP contribution in [0.15, 0.2) is 70.4 Å². The molecule has 1 heterocycles. The van der Waals surface area contributed by atoms with Crippen molar-refractivity contribution >= 4 is 41.0 Å². The Hall–Kier alpha value is -2.86. The Morgan fingerprint density at radius 2 is 1.92 bits per heavy atom. The summed E-state index contributed by atoms with van der Waals surface area (Å²) in [6, 6.07) is 17.9. The summed E-state index contributed by atoms with van der Waals surface area (Å²) in [5.41, 5.74) is 6.59. The topological polar surface area (TPSA) is 59.3 Å². The fourth-order valence-corrected chi connectivity index (χ4v) is 3.25. The Kier molecular flexibility index (Phi) is 5.86. The Morgan fingerprint density at radius 3 is 2.69 bits per heavy atom. The molecular weight excluding hydrogens is 344 g/mol. The van der Waals surface area contributed by atoms with Crippen LogP contribution in [0.3, 0.4) is 0 Å². The van der Waals surface area contributed by atoms with E-state index in [1.807, 2.05) is 79.2 Å². The number of amides is 1. The van der Waals surface area contributed by atoms with Gasteiger partial charge in [-0.05, 0) is 30.2 Å². The van der Waals surface area contributed by atoms with Crippen LogP contribution in [0.4, 0.5) is 0 Å². The average Bonchev–Trinajstić information content (AvgIpc) is 2.97. The van der Waals surface area contributed by atoms with Gasteiger partial charge in [-0.25, -0.2) is 10.4 Å². The molecule has 5 nitrogen and oxygen atoms in total. The number of hydrazone groups is 1. The molecule has 1 N–H and O–H groups in total. The molecule has 3 rings (SSSR count). The lowest BCUT2D eigenvalue weighted by Crippen LogP contribution is -2.19. The number of allylic oxidation sites excluding steroid dienone is 1. The normalized spacial score (nSPS) is 12.0. The van der Waals surface area contributed by atoms with E-state index in [2.05, 4.69) is 15.5 Å². The van der Waals surface area contributed by atoms with Gasteiger partial charge in [-0.3, -0.25) is 4.79 Å². The summed E-state index contributed by atoms with van der Waals surface area (Å²) in [6.07, 6.45) is 3.65. The molecule has 0 unspecified atom stereocenters. The minimum absolute atomic E-state index is 0.161. The summed E-state index contributed by atoms with van der Waals surface area (Å²) in [5, 5.41) is 4.82. The van der Waals surface area contributed by atoms with Gasteiger partial charge in [-0.2, -0.15) is 5.10 Å². The van der Waals surface area contributed by atoms with Crippen LogP contribution in [0.1, 0.15) is 12.5 Å². The summed E-state index contributed by atoms with van der Waals surface area (Å²) in [6.45, 7) is 1.94. The number of aromatic nitrogens is 2. The van der Waals surface area contributed by atoms with Crippen LogP contribution in [-0.2, 0) is 11.8 Å². The quantitative estimate of drug-likeness (QED) is 0.410. The van der Waals surface area contributed by atoms with Crippen LogP contribution in [-0.4, -0.2) is 27.4 Å². The molecule has 0 aliphatic carbocycles. The molecule has 132 valence electrons. The van der Waals surface area contributed by atoms with E-state index in [1.54, 1.807) is 6.21 Å². The van der Waals surface area contributed by atoms with Crippen LogP contribution < -0.4 is 5.43 Å². The lowest BCUT2D eigenvalue weighted by Gasteiger charge is -2.01. The first-order valence-electron chi connectivity index (χ1n) is 8.23. The van der Waals surface area contributed by atoms with Crippen LogP contribution >= 0.6 is 11.8 Å². The first kappa shape index (κ1) is 17.9. The standard InChI is InChI=1S/C20H20N4OS/c1-15(12-16-8-4-3-5-9-16)13-21-23-19(25)14-26-20-22-17-10-6-7-11-18(17)24(20)2/h3-13H,14H2,1-2H3,(H,23,25)/b15-12-,21-13-. The predicted octanol–water partition coefficient (Wildman–Crippen LogP) is 3.87. The number of imidazole rings is 1. The van der Waals surface area contributed by atoms with Gasteiger partial charge >= 0.3 is 0 Å². The maximum atomic E-state index is 12.0. The molecule has 1 amide bonds. The molecule has 0 aliphatic heterocycles. The minimum Gasteiger partial charge on any atom is -0.322 e. The van der Waals surface area contributed by atoms with Gasteiger partial charge in [0.05, 0.1) is 23.0 Å². The molecule has 26 heavy (non-hydrogen) atoms. The third kappa shape index (κ3) is 4.61. The minimum atomic E-state index is -0.161. The van der Waals surface area contributed by atoms with Crippen molar-refractivity contribution in [3.63, 3.8) is 0 Å². The fraction of sp³-hybridized carbons (Fsp3) is 0.150. The Labute approximate surface area is 156 Å². The van der Waals surface area contributed by atoms with Crippen molar-refractivity contribution in [2.75, 3.05) is 5.75 Å². The van der Waals surface area contributed by atoms with Crippen LogP contribution in [0.5, 0.6) is 0 Å². The number of carbonyl (C=O) groups is 1. The molecule has 0 atom stereocenters. The van der Waals surface area contributed by atoms with E-state index in [0.29, 0.717) is 0 Å². The van der Waals surface area contributed by atoms with Crippen molar-refractivity contribution in [2.45, 2.75) is 12.1 Å². The molecule has 3 aromatic rings. The van der Waals surface area contributed by atoms with Crippen LogP contribution in [0.2, 0.25) is 0 Å². The van der Waals surface area contributed by atoms with Crippen molar-refractivity contribution < 1.29 is 4.79 Å². The van der Waals surface area contributed by atoms with E-state index in [1.165, 1.54) is 11.8 Å². The van der Waals surface area contributed by atoms with E-state index in [0.717, 1.165) is 27.3 Å². The lowest BCUT2D eigenvalue weighted by molar-refractivity contribution is -0.118. The Balaban J connectivity index is 1.52. The van der Waals surface area contributed by atoms with Gasteiger partial charge in [0.2, 0.25) is 0 Å². The number of hydrogen-bond acceptors (Lipinski definition) is 4. The van der Waals surface area contributed by atoms with Crippen LogP contribution in [0, 0.1) is 0 Å². The Bertz CT molecular complexity index is 960. The van der Waals surface area contributed by atoms with Gasteiger partial charge < -0.3 is 4.57 Å². The SMILES string of the molecule is CC(/C=N\NC(=O)CSc1nc2ccccc2n1C)=C/c1ccccc1. The second-order valence-electron chi connectivity index (χ2n) is 5.82. The number of nitrogens with zero attached hydrogens (tertiary/aromatic N) is 3. The maximum absolute atomic E-state index is 12.0. The van der Waals surface area contributed by atoms with Gasteiger partial charge in [0.25, 0.3) is 5.91 Å². The molecule has 6 heteroatoms. The highest BCUT2D eigenvalue weighted by atomic mass is 32.2. The molecular formula is C20H20N4OS. The average molecular weight is 364 g/mol. The van der Waals surface area contributed by atoms with E-state index >= 15 is 0 Å². The molecule has 2 aromatic carbocycles. The summed E-state index contributed by atoms with van der Waals surface area (Å²) in [7, 11) is 1.95. The van der Waals surface area contributed by atoms with Gasteiger partial charge in [-0.15, -0.1) is 0 Å². The number of rotatable bonds is 6. The molecule has 0 spiro atoms. The molecule has 0 fully saturated rings. The zero-order valence-electron chi connectivity index (χ0n) is 14.7. The number of aryl methyl sites for hydroxylation is 1. The van der Waals surface area contributed by atoms with Crippen molar-refractivity contribution in [2.24, 2.45) is 12.1 Å². The third-order valence-corrected chi connectivity index (χ3v) is 4.76. The summed E-state index contributed by atoms with van der Waals surface area (Å²) >= 11 is 1.39. The van der Waals surface area contributed by atoms with Gasteiger partial charge in [0, 0.05) is 7.05 Å². The Morgan fingerprint density at radius 1 is 1.19 bits per heavy atom. The molecule has 0 aliphatic rings. The maximum Gasteiger partial charge on any atom is 0.250 e. The summed E-state index contributed by atoms with van der Waals surface area (Å²) in [4.78, 5) is 16.5. The van der Waals surface area contributed by atoms with Crippen molar-refractivity contribution in [1.29, 1.82) is 0 Å². The number of thioether (sulfide) groups is 1. The molecule has 0 radical (unpaired) electrons. The third-order valence-electron chi connectivity index (χ3n) is 3.73. The highest BCUT2D eigenvalue weighted by Crippen LogP contribution is 2.22. The van der Waals surface area contributed by atoms with Crippen LogP contribution in [0.25, 0.3) is 17.1 Å². The highest BCUT2D eigenvalue weighted by Gasteiger charge is 2.09. The second-order valence-corrected chi connectivity index (χ2v) is 6.77. The fourth-order valence-electron chi connectivity index (χ4n) is 2.47. The van der Waals surface area contributed by atoms with Crippen molar-refractivity contribution in [3.8, 4) is 0 Å². The van der Waals surface area contributed by atoms with E-state index in [4.69, 9.17) is 0 Å². The second kappa shape index (κ2) is 8.49. The van der Waals surface area contributed by atoms with Gasteiger partial charge in [-0.1, -0.05) is 60.3 Å². The highest BCUT2D eigenvalue weighted by molar-refractivity contribution is 7.99. The number of para-hydroxylation sites is 2. The molecule has 1 aromatic heterocycles. The van der Waals surface area contributed by atoms with Gasteiger partial charge in [0.15, 0.2) is 5.16 Å². The first-order chi connectivity index (χ1) is 12.6. The van der Waals surface area contributed by atoms with Gasteiger partial charge in [0.1, 0.15) is 0 Å². The number of carbonyl (C=O) groups excluding carboxylic acids is 1. The van der Waals surface area contributed by atoms with E-state index < -0.39 is 0 Å². The first-order valence-corrected chi connectivity index (χ1v) is 9.21. The smallest absolute Gasteiger partial charge is 0.250 e. The largest absolute Gasteiger partial charge is 0.322 e. The summed E-state index contributed by atoms with van der Waals surface area (Å²) in [5.74, 6) is 0.0986. The number of benzene rings is 2. The van der Waals surface area contributed by atoms with E-state index in [9.17, 15) is 4.79 Å². The lowest BCUT2D eigenvalue weighted by atomic mass is 10.1. The number of hydrogen-bond donors (Lipinski definition) is 1. The predicted molar refractivity (Wildman–Crippen MR) is 108 cm³/mol. The molecule has 0 bridgehead atoms.